The lowest BCUT2D eigenvalue weighted by Crippen LogP contribution is -2.22. The Bertz CT molecular complexity index is 796. The lowest BCUT2D eigenvalue weighted by atomic mass is 10.2. The van der Waals surface area contributed by atoms with Crippen LogP contribution in [0.4, 0.5) is 19.0 Å². The predicted octanol–water partition coefficient (Wildman–Crippen LogP) is 4.20. The van der Waals surface area contributed by atoms with Crippen molar-refractivity contribution < 1.29 is 27.5 Å². The third kappa shape index (κ3) is 5.33. The van der Waals surface area contributed by atoms with Gasteiger partial charge in [-0.1, -0.05) is 23.2 Å². The van der Waals surface area contributed by atoms with E-state index in [0.29, 0.717) is 17.3 Å². The minimum atomic E-state index is -4.60. The quantitative estimate of drug-likeness (QED) is 0.791. The van der Waals surface area contributed by atoms with Crippen molar-refractivity contribution in [2.75, 3.05) is 11.9 Å². The highest BCUT2D eigenvalue weighted by Crippen LogP contribution is 2.32. The van der Waals surface area contributed by atoms with Crippen LogP contribution in [-0.2, 0) is 15.7 Å². The molecule has 25 heavy (non-hydrogen) atoms. The summed E-state index contributed by atoms with van der Waals surface area (Å²) in [6.07, 6.45) is -4.07. The molecule has 0 aliphatic carbocycles. The molecule has 1 aromatic carbocycles. The molecule has 0 spiro atoms. The molecule has 0 unspecified atom stereocenters. The first kappa shape index (κ1) is 19.0. The molecule has 2 rings (SSSR count). The van der Waals surface area contributed by atoms with E-state index in [1.165, 1.54) is 24.3 Å². The van der Waals surface area contributed by atoms with Crippen molar-refractivity contribution in [2.45, 2.75) is 6.18 Å². The van der Waals surface area contributed by atoms with E-state index in [1.807, 2.05) is 0 Å². The fourth-order valence-corrected chi connectivity index (χ4v) is 1.99. The number of carbonyl (C=O) groups excluding carboxylic acids is 2. The Morgan fingerprint density at radius 2 is 1.80 bits per heavy atom. The predicted molar refractivity (Wildman–Crippen MR) is 84.6 cm³/mol. The summed E-state index contributed by atoms with van der Waals surface area (Å²) in [6, 6.07) is 6.41. The molecule has 0 saturated carbocycles. The molecule has 5 nitrogen and oxygen atoms in total. The van der Waals surface area contributed by atoms with Crippen molar-refractivity contribution in [3.63, 3.8) is 0 Å². The van der Waals surface area contributed by atoms with Crippen LogP contribution >= 0.6 is 23.2 Å². The molecule has 1 amide bonds. The fraction of sp³-hybridized carbons (Fsp3) is 0.133. The number of benzene rings is 1. The van der Waals surface area contributed by atoms with E-state index in [9.17, 15) is 22.8 Å². The number of aromatic nitrogens is 1. The Morgan fingerprint density at radius 3 is 2.36 bits per heavy atom. The largest absolute Gasteiger partial charge is 0.452 e. The van der Waals surface area contributed by atoms with Crippen LogP contribution in [-0.4, -0.2) is 23.5 Å². The van der Waals surface area contributed by atoms with E-state index in [4.69, 9.17) is 27.9 Å². The van der Waals surface area contributed by atoms with Crippen molar-refractivity contribution in [1.29, 1.82) is 0 Å². The molecular weight excluding hydrogens is 384 g/mol. The van der Waals surface area contributed by atoms with Crippen LogP contribution in [0, 0.1) is 0 Å². The van der Waals surface area contributed by atoms with Crippen molar-refractivity contribution >= 4 is 40.9 Å². The maximum absolute atomic E-state index is 12.5. The number of alkyl halides is 3. The van der Waals surface area contributed by atoms with Gasteiger partial charge >= 0.3 is 12.1 Å². The van der Waals surface area contributed by atoms with Crippen molar-refractivity contribution in [1.82, 2.24) is 4.98 Å². The zero-order valence-electron chi connectivity index (χ0n) is 12.2. The molecule has 0 fully saturated rings. The Labute approximate surface area is 149 Å². The second-order valence-corrected chi connectivity index (χ2v) is 5.53. The monoisotopic (exact) mass is 392 g/mol. The van der Waals surface area contributed by atoms with E-state index >= 15 is 0 Å². The molecule has 132 valence electrons. The van der Waals surface area contributed by atoms with Gasteiger partial charge in [-0.05, 0) is 30.3 Å². The minimum Gasteiger partial charge on any atom is -0.452 e. The van der Waals surface area contributed by atoms with Crippen LogP contribution in [0.25, 0.3) is 0 Å². The molecule has 10 heteroatoms. The summed E-state index contributed by atoms with van der Waals surface area (Å²) in [7, 11) is 0. The Kier molecular flexibility index (Phi) is 5.86. The molecule has 0 bridgehead atoms. The fourth-order valence-electron chi connectivity index (χ4n) is 1.65. The molecule has 0 aliphatic heterocycles. The highest BCUT2D eigenvalue weighted by Gasteiger charge is 2.31. The number of nitrogens with one attached hydrogen (secondary N) is 1. The Hall–Kier alpha value is -2.32. The van der Waals surface area contributed by atoms with Gasteiger partial charge in [-0.2, -0.15) is 13.2 Å². The maximum Gasteiger partial charge on any atom is 0.417 e. The first-order chi connectivity index (χ1) is 11.7. The Balaban J connectivity index is 1.94. The van der Waals surface area contributed by atoms with E-state index < -0.39 is 35.2 Å². The lowest BCUT2D eigenvalue weighted by molar-refractivity contribution is -0.137. The van der Waals surface area contributed by atoms with Gasteiger partial charge in [0.25, 0.3) is 5.91 Å². The second kappa shape index (κ2) is 7.71. The van der Waals surface area contributed by atoms with Gasteiger partial charge < -0.3 is 10.1 Å². The van der Waals surface area contributed by atoms with E-state index in [2.05, 4.69) is 10.3 Å². The van der Waals surface area contributed by atoms with Crippen molar-refractivity contribution in [3.8, 4) is 0 Å². The molecule has 1 heterocycles. The van der Waals surface area contributed by atoms with Gasteiger partial charge in [0.2, 0.25) is 0 Å². The number of nitrogens with zero attached hydrogens (tertiary/aromatic N) is 1. The maximum atomic E-state index is 12.5. The first-order valence-corrected chi connectivity index (χ1v) is 7.37. The first-order valence-electron chi connectivity index (χ1n) is 6.62. The van der Waals surface area contributed by atoms with Gasteiger partial charge in [-0.25, -0.2) is 9.78 Å². The molecule has 1 N–H and O–H groups in total. The summed E-state index contributed by atoms with van der Waals surface area (Å²) >= 11 is 11.3. The molecule has 1 aromatic heterocycles. The number of hydrogen-bond donors (Lipinski definition) is 1. The summed E-state index contributed by atoms with van der Waals surface area (Å²) in [4.78, 5) is 26.9. The van der Waals surface area contributed by atoms with Crippen molar-refractivity contribution in [2.24, 2.45) is 0 Å². The van der Waals surface area contributed by atoms with Crippen LogP contribution in [0.5, 0.6) is 0 Å². The molecule has 0 radical (unpaired) electrons. The topological polar surface area (TPSA) is 68.3 Å². The standard InChI is InChI=1S/C15H9Cl2F3N2O3/c16-10-3-1-8(2-4-10)14(24)25-7-12(23)22-13-11(17)5-9(6-21-13)15(18,19)20/h1-6H,7H2,(H,21,22,23). The van der Waals surface area contributed by atoms with Crippen LogP contribution in [0.15, 0.2) is 36.5 Å². The lowest BCUT2D eigenvalue weighted by Gasteiger charge is -2.10. The summed E-state index contributed by atoms with van der Waals surface area (Å²) in [5, 5.41) is 2.19. The molecule has 0 atom stereocenters. The second-order valence-electron chi connectivity index (χ2n) is 4.68. The number of pyridine rings is 1. The summed E-state index contributed by atoms with van der Waals surface area (Å²) in [6.45, 7) is -0.666. The summed E-state index contributed by atoms with van der Waals surface area (Å²) in [5.41, 5.74) is -0.868. The van der Waals surface area contributed by atoms with Crippen LogP contribution in [0.1, 0.15) is 15.9 Å². The Morgan fingerprint density at radius 1 is 1.16 bits per heavy atom. The van der Waals surface area contributed by atoms with E-state index in [1.54, 1.807) is 0 Å². The normalized spacial score (nSPS) is 11.1. The number of carbonyl (C=O) groups is 2. The van der Waals surface area contributed by atoms with Crippen LogP contribution in [0.2, 0.25) is 10.0 Å². The molecular formula is C15H9Cl2F3N2O3. The van der Waals surface area contributed by atoms with Crippen LogP contribution < -0.4 is 5.32 Å². The smallest absolute Gasteiger partial charge is 0.417 e. The number of anilines is 1. The molecule has 2 aromatic rings. The molecule has 0 saturated heterocycles. The highest BCUT2D eigenvalue weighted by atomic mass is 35.5. The molecule has 0 aliphatic rings. The number of esters is 1. The third-order valence-electron chi connectivity index (χ3n) is 2.84. The van der Waals surface area contributed by atoms with Crippen LogP contribution in [0.3, 0.4) is 0 Å². The van der Waals surface area contributed by atoms with Gasteiger partial charge in [-0.3, -0.25) is 4.79 Å². The van der Waals surface area contributed by atoms with Gasteiger partial charge in [0.05, 0.1) is 16.1 Å². The minimum absolute atomic E-state index is 0.183. The SMILES string of the molecule is O=C(COC(=O)c1ccc(Cl)cc1)Nc1ncc(C(F)(F)F)cc1Cl. The number of halogens is 5. The number of hydrogen-bond acceptors (Lipinski definition) is 4. The number of amides is 1. The van der Waals surface area contributed by atoms with Gasteiger partial charge in [0.1, 0.15) is 0 Å². The van der Waals surface area contributed by atoms with E-state index in [0.717, 1.165) is 0 Å². The van der Waals surface area contributed by atoms with Gasteiger partial charge in [0, 0.05) is 11.2 Å². The summed E-state index contributed by atoms with van der Waals surface area (Å²) in [5.74, 6) is -1.85. The average molecular weight is 393 g/mol. The van der Waals surface area contributed by atoms with Gasteiger partial charge in [-0.15, -0.1) is 0 Å². The number of rotatable bonds is 4. The zero-order valence-corrected chi connectivity index (χ0v) is 13.7. The van der Waals surface area contributed by atoms with E-state index in [-0.39, 0.29) is 11.4 Å². The van der Waals surface area contributed by atoms with Crippen molar-refractivity contribution in [3.05, 3.63) is 57.7 Å². The average Bonchev–Trinajstić information content (AvgIpc) is 2.54. The van der Waals surface area contributed by atoms with Gasteiger partial charge in [0.15, 0.2) is 12.4 Å². The highest BCUT2D eigenvalue weighted by molar-refractivity contribution is 6.33. The zero-order chi connectivity index (χ0) is 18.6. The summed E-state index contributed by atoms with van der Waals surface area (Å²) < 4.78 is 42.3. The third-order valence-corrected chi connectivity index (χ3v) is 3.38. The number of ether oxygens (including phenoxy) is 1.